The first-order valence-corrected chi connectivity index (χ1v) is 7.77. The van der Waals surface area contributed by atoms with Crippen LogP contribution in [0, 0.1) is 5.92 Å². The quantitative estimate of drug-likeness (QED) is 0.268. The molecule has 0 aliphatic carbocycles. The summed E-state index contributed by atoms with van der Waals surface area (Å²) in [4.78, 5) is 0. The fraction of sp³-hybridized carbons (Fsp3) is 0.882. The summed E-state index contributed by atoms with van der Waals surface area (Å²) in [6.45, 7) is 10.7. The number of unbranched alkanes of at least 4 members (excludes halogenated alkanes) is 8. The predicted octanol–water partition coefficient (Wildman–Crippen LogP) is 6.51. The second kappa shape index (κ2) is 12.2. The molecule has 0 spiro atoms. The van der Waals surface area contributed by atoms with Gasteiger partial charge in [0.25, 0.3) is 0 Å². The largest absolute Gasteiger partial charge is 0.100 e. The summed E-state index contributed by atoms with van der Waals surface area (Å²) in [5, 5.41) is 0. The average Bonchev–Trinajstić information content (AvgIpc) is 2.25. The molecule has 0 aromatic carbocycles. The third-order valence-corrected chi connectivity index (χ3v) is 3.39. The summed E-state index contributed by atoms with van der Waals surface area (Å²) in [6.07, 6.45) is 15.5. The van der Waals surface area contributed by atoms with Crippen molar-refractivity contribution in [1.29, 1.82) is 0 Å². The van der Waals surface area contributed by atoms with Crippen molar-refractivity contribution in [2.24, 2.45) is 5.92 Å². The molecule has 0 aromatic rings. The Morgan fingerprint density at radius 3 is 1.59 bits per heavy atom. The summed E-state index contributed by atoms with van der Waals surface area (Å²) in [5.41, 5.74) is 1.34. The molecular formula is C17H34. The molecule has 0 aromatic heterocycles. The van der Waals surface area contributed by atoms with Gasteiger partial charge in [-0.25, -0.2) is 0 Å². The Kier molecular flexibility index (Phi) is 12.0. The molecule has 0 amide bonds. The van der Waals surface area contributed by atoms with Gasteiger partial charge < -0.3 is 0 Å². The standard InChI is InChI=1S/C17H34/c1-16(2)14-12-10-8-6-5-7-9-11-13-15-17(3)4/h17H,1,5-15H2,2-4H3. The number of allylic oxidation sites excluding steroid dienone is 1. The van der Waals surface area contributed by atoms with Crippen LogP contribution in [0.4, 0.5) is 0 Å². The van der Waals surface area contributed by atoms with E-state index < -0.39 is 0 Å². The molecule has 0 nitrogen and oxygen atoms in total. The maximum absolute atomic E-state index is 3.94. The van der Waals surface area contributed by atoms with Gasteiger partial charge in [-0.3, -0.25) is 0 Å². The maximum atomic E-state index is 3.94. The Morgan fingerprint density at radius 1 is 0.765 bits per heavy atom. The molecule has 102 valence electrons. The van der Waals surface area contributed by atoms with Crippen LogP contribution in [0.3, 0.4) is 0 Å². The summed E-state index contributed by atoms with van der Waals surface area (Å²) >= 11 is 0. The van der Waals surface area contributed by atoms with E-state index in [4.69, 9.17) is 0 Å². The molecule has 0 heterocycles. The molecular weight excluding hydrogens is 204 g/mol. The number of hydrogen-bond acceptors (Lipinski definition) is 0. The van der Waals surface area contributed by atoms with E-state index in [0.717, 1.165) is 5.92 Å². The lowest BCUT2D eigenvalue weighted by atomic mass is 10.0. The Labute approximate surface area is 110 Å². The summed E-state index contributed by atoms with van der Waals surface area (Å²) in [5.74, 6) is 0.892. The lowest BCUT2D eigenvalue weighted by Crippen LogP contribution is -1.87. The molecule has 0 heteroatoms. The van der Waals surface area contributed by atoms with Crippen LogP contribution in [0.15, 0.2) is 12.2 Å². The van der Waals surface area contributed by atoms with Gasteiger partial charge in [-0.1, -0.05) is 77.2 Å². The van der Waals surface area contributed by atoms with Gasteiger partial charge >= 0.3 is 0 Å². The summed E-state index contributed by atoms with van der Waals surface area (Å²) in [7, 11) is 0. The fourth-order valence-corrected chi connectivity index (χ4v) is 2.22. The minimum absolute atomic E-state index is 0.892. The number of rotatable bonds is 12. The molecule has 0 N–H and O–H groups in total. The van der Waals surface area contributed by atoms with E-state index in [9.17, 15) is 0 Å². The highest BCUT2D eigenvalue weighted by atomic mass is 14.0. The van der Waals surface area contributed by atoms with Crippen LogP contribution in [-0.4, -0.2) is 0 Å². The highest BCUT2D eigenvalue weighted by Crippen LogP contribution is 2.14. The monoisotopic (exact) mass is 238 g/mol. The molecule has 0 aliphatic heterocycles. The van der Waals surface area contributed by atoms with Gasteiger partial charge in [-0.05, 0) is 25.7 Å². The second-order valence-electron chi connectivity index (χ2n) is 6.07. The van der Waals surface area contributed by atoms with Crippen LogP contribution in [0.25, 0.3) is 0 Å². The lowest BCUT2D eigenvalue weighted by molar-refractivity contribution is 0.506. The van der Waals surface area contributed by atoms with Crippen LogP contribution < -0.4 is 0 Å². The minimum atomic E-state index is 0.892. The van der Waals surface area contributed by atoms with Crippen LogP contribution in [0.5, 0.6) is 0 Å². The zero-order valence-electron chi connectivity index (χ0n) is 12.6. The smallest absolute Gasteiger partial charge is 0.0326 e. The number of hydrogen-bond donors (Lipinski definition) is 0. The zero-order chi connectivity index (χ0) is 12.9. The Balaban J connectivity index is 2.96. The van der Waals surface area contributed by atoms with E-state index in [1.54, 1.807) is 0 Å². The first-order valence-electron chi connectivity index (χ1n) is 7.77. The van der Waals surface area contributed by atoms with Gasteiger partial charge in [0.15, 0.2) is 0 Å². The molecule has 0 rings (SSSR count). The molecule has 0 radical (unpaired) electrons. The SMILES string of the molecule is C=C(C)CCCCCCCCCCCC(C)C. The van der Waals surface area contributed by atoms with Crippen molar-refractivity contribution in [3.8, 4) is 0 Å². The van der Waals surface area contributed by atoms with Crippen LogP contribution >= 0.6 is 0 Å². The van der Waals surface area contributed by atoms with Gasteiger partial charge in [0.1, 0.15) is 0 Å². The first kappa shape index (κ1) is 16.7. The topological polar surface area (TPSA) is 0 Å². The van der Waals surface area contributed by atoms with Crippen molar-refractivity contribution in [2.75, 3.05) is 0 Å². The summed E-state index contributed by atoms with van der Waals surface area (Å²) in [6, 6.07) is 0. The van der Waals surface area contributed by atoms with E-state index in [1.165, 1.54) is 76.2 Å². The van der Waals surface area contributed by atoms with Crippen molar-refractivity contribution in [3.63, 3.8) is 0 Å². The third kappa shape index (κ3) is 15.7. The Bertz CT molecular complexity index is 167. The van der Waals surface area contributed by atoms with Gasteiger partial charge in [-0.15, -0.1) is 6.58 Å². The summed E-state index contributed by atoms with van der Waals surface area (Å²) < 4.78 is 0. The molecule has 0 saturated heterocycles. The van der Waals surface area contributed by atoms with Crippen molar-refractivity contribution >= 4 is 0 Å². The van der Waals surface area contributed by atoms with E-state index in [2.05, 4.69) is 27.4 Å². The van der Waals surface area contributed by atoms with Gasteiger partial charge in [0.2, 0.25) is 0 Å². The molecule has 0 bridgehead atoms. The minimum Gasteiger partial charge on any atom is -0.100 e. The second-order valence-corrected chi connectivity index (χ2v) is 6.07. The average molecular weight is 238 g/mol. The molecule has 0 unspecified atom stereocenters. The Hall–Kier alpha value is -0.260. The van der Waals surface area contributed by atoms with Crippen molar-refractivity contribution < 1.29 is 0 Å². The van der Waals surface area contributed by atoms with E-state index in [-0.39, 0.29) is 0 Å². The van der Waals surface area contributed by atoms with E-state index in [0.29, 0.717) is 0 Å². The van der Waals surface area contributed by atoms with Crippen LogP contribution in [-0.2, 0) is 0 Å². The molecule has 0 atom stereocenters. The van der Waals surface area contributed by atoms with Gasteiger partial charge in [-0.2, -0.15) is 0 Å². The highest BCUT2D eigenvalue weighted by Gasteiger charge is 1.95. The molecule has 0 aliphatic rings. The normalized spacial score (nSPS) is 11.1. The first-order chi connectivity index (χ1) is 8.13. The fourth-order valence-electron chi connectivity index (χ4n) is 2.22. The highest BCUT2D eigenvalue weighted by molar-refractivity contribution is 4.86. The maximum Gasteiger partial charge on any atom is -0.0326 e. The molecule has 0 saturated carbocycles. The predicted molar refractivity (Wildman–Crippen MR) is 80.4 cm³/mol. The zero-order valence-corrected chi connectivity index (χ0v) is 12.6. The van der Waals surface area contributed by atoms with Crippen molar-refractivity contribution in [2.45, 2.75) is 91.4 Å². The molecule has 0 fully saturated rings. The third-order valence-electron chi connectivity index (χ3n) is 3.39. The lowest BCUT2D eigenvalue weighted by Gasteiger charge is -2.04. The van der Waals surface area contributed by atoms with Gasteiger partial charge in [0, 0.05) is 0 Å². The van der Waals surface area contributed by atoms with Crippen molar-refractivity contribution in [1.82, 2.24) is 0 Å². The van der Waals surface area contributed by atoms with Gasteiger partial charge in [0.05, 0.1) is 0 Å². The Morgan fingerprint density at radius 2 is 1.18 bits per heavy atom. The van der Waals surface area contributed by atoms with E-state index in [1.807, 2.05) is 0 Å². The van der Waals surface area contributed by atoms with E-state index >= 15 is 0 Å². The van der Waals surface area contributed by atoms with Crippen molar-refractivity contribution in [3.05, 3.63) is 12.2 Å². The van der Waals surface area contributed by atoms with Crippen LogP contribution in [0.1, 0.15) is 91.4 Å². The van der Waals surface area contributed by atoms with Crippen LogP contribution in [0.2, 0.25) is 0 Å². The molecule has 17 heavy (non-hydrogen) atoms.